The van der Waals surface area contributed by atoms with Gasteiger partial charge in [-0.2, -0.15) is 0 Å². The van der Waals surface area contributed by atoms with Crippen LogP contribution in [-0.4, -0.2) is 14.1 Å². The molecule has 2 heteroatoms. The molecule has 0 fully saturated rings. The molecule has 2 radical (unpaired) electrons. The van der Waals surface area contributed by atoms with E-state index in [0.29, 0.717) is 11.9 Å². The van der Waals surface area contributed by atoms with Crippen LogP contribution < -0.4 is 0 Å². The third-order valence-corrected chi connectivity index (χ3v) is 1.32. The van der Waals surface area contributed by atoms with Gasteiger partial charge in [0.15, 0.2) is 0 Å². The summed E-state index contributed by atoms with van der Waals surface area (Å²) < 4.78 is 0. The van der Waals surface area contributed by atoms with Crippen LogP contribution in [0, 0.1) is 0 Å². The first kappa shape index (κ1) is 7.07. The highest BCUT2D eigenvalue weighted by molar-refractivity contribution is 6.08. The second-order valence-corrected chi connectivity index (χ2v) is 2.07. The largest absolute Gasteiger partial charge is 0.298 e. The summed E-state index contributed by atoms with van der Waals surface area (Å²) >= 11 is 0. The minimum absolute atomic E-state index is 0.488. The van der Waals surface area contributed by atoms with Crippen molar-refractivity contribution < 1.29 is 4.79 Å². The maximum atomic E-state index is 10.2. The Balaban J connectivity index is 2.98. The maximum absolute atomic E-state index is 10.2. The molecule has 0 bridgehead atoms. The molecule has 0 aliphatic rings. The number of hydrogen-bond acceptors (Lipinski definition) is 1. The molecule has 0 saturated heterocycles. The van der Waals surface area contributed by atoms with E-state index in [-0.39, 0.29) is 0 Å². The van der Waals surface area contributed by atoms with Crippen molar-refractivity contribution in [3.63, 3.8) is 0 Å². The van der Waals surface area contributed by atoms with Crippen molar-refractivity contribution in [1.29, 1.82) is 0 Å². The lowest BCUT2D eigenvalue weighted by atomic mass is 9.96. The number of rotatable bonds is 2. The Kier molecular flexibility index (Phi) is 2.27. The Morgan fingerprint density at radius 3 is 2.90 bits per heavy atom. The summed E-state index contributed by atoms with van der Waals surface area (Å²) in [5.41, 5.74) is 1.67. The Morgan fingerprint density at radius 1 is 1.50 bits per heavy atom. The van der Waals surface area contributed by atoms with E-state index in [4.69, 9.17) is 7.85 Å². The Labute approximate surface area is 61.5 Å². The van der Waals surface area contributed by atoms with Gasteiger partial charge in [0.1, 0.15) is 6.29 Å². The predicted molar refractivity (Wildman–Crippen MR) is 41.3 cm³/mol. The zero-order valence-electron chi connectivity index (χ0n) is 5.58. The summed E-state index contributed by atoms with van der Waals surface area (Å²) in [6.45, 7) is 0. The predicted octanol–water partition coefficient (Wildman–Crippen LogP) is 1.17. The van der Waals surface area contributed by atoms with E-state index >= 15 is 0 Å². The highest BCUT2D eigenvalue weighted by atomic mass is 16.1. The second kappa shape index (κ2) is 3.21. The van der Waals surface area contributed by atoms with Crippen LogP contribution in [0.5, 0.6) is 0 Å². The first-order valence-electron chi connectivity index (χ1n) is 3.11. The van der Waals surface area contributed by atoms with Gasteiger partial charge < -0.3 is 0 Å². The molecule has 1 aromatic rings. The molecule has 0 heterocycles. The van der Waals surface area contributed by atoms with Gasteiger partial charge in [0.25, 0.3) is 0 Å². The average molecular weight is 130 g/mol. The van der Waals surface area contributed by atoms with Gasteiger partial charge in [0.05, 0.1) is 7.85 Å². The number of hydrogen-bond donors (Lipinski definition) is 0. The monoisotopic (exact) mass is 130 g/mol. The number of aldehydes is 1. The third kappa shape index (κ3) is 1.47. The van der Waals surface area contributed by atoms with Gasteiger partial charge in [-0.25, -0.2) is 0 Å². The normalized spacial score (nSPS) is 9.20. The fourth-order valence-electron chi connectivity index (χ4n) is 0.793. The van der Waals surface area contributed by atoms with Crippen LogP contribution in [0.2, 0.25) is 0 Å². The van der Waals surface area contributed by atoms with Crippen molar-refractivity contribution >= 4 is 14.1 Å². The first-order valence-corrected chi connectivity index (χ1v) is 3.11. The minimum Gasteiger partial charge on any atom is -0.298 e. The lowest BCUT2D eigenvalue weighted by molar-refractivity contribution is 0.112. The molecule has 0 aliphatic heterocycles. The van der Waals surface area contributed by atoms with Gasteiger partial charge in [0.2, 0.25) is 0 Å². The molecule has 1 rings (SSSR count). The quantitative estimate of drug-likeness (QED) is 0.433. The molecular formula is C8H7BO. The Morgan fingerprint density at radius 2 is 2.30 bits per heavy atom. The van der Waals surface area contributed by atoms with Crippen LogP contribution in [0.3, 0.4) is 0 Å². The van der Waals surface area contributed by atoms with Gasteiger partial charge in [-0.05, 0) is 6.07 Å². The zero-order chi connectivity index (χ0) is 7.40. The molecule has 0 N–H and O–H groups in total. The molecule has 48 valence electrons. The molecular weight excluding hydrogens is 123 g/mol. The van der Waals surface area contributed by atoms with Crippen LogP contribution in [-0.2, 0) is 6.32 Å². The van der Waals surface area contributed by atoms with Gasteiger partial charge >= 0.3 is 0 Å². The Hall–Kier alpha value is -1.05. The van der Waals surface area contributed by atoms with E-state index in [2.05, 4.69) is 0 Å². The molecule has 0 atom stereocenters. The number of carbonyl (C=O) groups excluding carboxylic acids is 1. The van der Waals surface area contributed by atoms with Crippen molar-refractivity contribution in [2.24, 2.45) is 0 Å². The molecule has 0 aliphatic carbocycles. The van der Waals surface area contributed by atoms with Gasteiger partial charge in [-0.3, -0.25) is 4.79 Å². The molecule has 10 heavy (non-hydrogen) atoms. The highest BCUT2D eigenvalue weighted by Crippen LogP contribution is 2.01. The summed E-state index contributed by atoms with van der Waals surface area (Å²) in [6.07, 6.45) is 1.31. The molecule has 1 nitrogen and oxygen atoms in total. The van der Waals surface area contributed by atoms with Crippen molar-refractivity contribution in [3.8, 4) is 0 Å². The summed E-state index contributed by atoms with van der Waals surface area (Å²) in [6, 6.07) is 7.26. The van der Waals surface area contributed by atoms with Crippen molar-refractivity contribution in [3.05, 3.63) is 35.4 Å². The highest BCUT2D eigenvalue weighted by Gasteiger charge is 1.89. The smallest absolute Gasteiger partial charge is 0.150 e. The van der Waals surface area contributed by atoms with E-state index in [1.54, 1.807) is 12.1 Å². The van der Waals surface area contributed by atoms with Gasteiger partial charge in [-0.1, -0.05) is 30.1 Å². The lowest BCUT2D eigenvalue weighted by Crippen LogP contribution is -1.85. The van der Waals surface area contributed by atoms with Crippen LogP contribution in [0.4, 0.5) is 0 Å². The van der Waals surface area contributed by atoms with E-state index in [9.17, 15) is 4.79 Å². The summed E-state index contributed by atoms with van der Waals surface area (Å²) in [5.74, 6) is 0. The maximum Gasteiger partial charge on any atom is 0.150 e. The van der Waals surface area contributed by atoms with Crippen LogP contribution >= 0.6 is 0 Å². The number of carbonyl (C=O) groups is 1. The SMILES string of the molecule is [B]Cc1cccc(C=O)c1. The van der Waals surface area contributed by atoms with E-state index in [0.717, 1.165) is 11.8 Å². The minimum atomic E-state index is 0.488. The van der Waals surface area contributed by atoms with Crippen molar-refractivity contribution in [2.75, 3.05) is 0 Å². The number of benzene rings is 1. The van der Waals surface area contributed by atoms with Crippen molar-refractivity contribution in [2.45, 2.75) is 6.32 Å². The topological polar surface area (TPSA) is 17.1 Å². The fraction of sp³-hybridized carbons (Fsp3) is 0.125. The average Bonchev–Trinajstić information content (AvgIpc) is 2.05. The Bertz CT molecular complexity index is 232. The van der Waals surface area contributed by atoms with E-state index in [1.165, 1.54) is 0 Å². The summed E-state index contributed by atoms with van der Waals surface area (Å²) in [5, 5.41) is 0. The van der Waals surface area contributed by atoms with Crippen LogP contribution in [0.25, 0.3) is 0 Å². The standard InChI is InChI=1S/C8H7BO/c9-5-7-2-1-3-8(4-7)6-10/h1-4,6H,5H2. The van der Waals surface area contributed by atoms with Crippen molar-refractivity contribution in [1.82, 2.24) is 0 Å². The molecule has 1 aromatic carbocycles. The molecule has 0 aromatic heterocycles. The molecule has 0 amide bonds. The van der Waals surface area contributed by atoms with Crippen LogP contribution in [0.1, 0.15) is 15.9 Å². The summed E-state index contributed by atoms with van der Waals surface area (Å²) in [4.78, 5) is 10.2. The van der Waals surface area contributed by atoms with E-state index in [1.807, 2.05) is 12.1 Å². The lowest BCUT2D eigenvalue weighted by Gasteiger charge is -1.94. The first-order chi connectivity index (χ1) is 4.86. The molecule has 0 saturated carbocycles. The third-order valence-electron chi connectivity index (χ3n) is 1.32. The van der Waals surface area contributed by atoms with E-state index < -0.39 is 0 Å². The fourth-order valence-corrected chi connectivity index (χ4v) is 0.793. The summed E-state index contributed by atoms with van der Waals surface area (Å²) in [7, 11) is 5.36. The van der Waals surface area contributed by atoms with Crippen LogP contribution in [0.15, 0.2) is 24.3 Å². The zero-order valence-corrected chi connectivity index (χ0v) is 5.58. The van der Waals surface area contributed by atoms with Gasteiger partial charge in [0, 0.05) is 5.56 Å². The van der Waals surface area contributed by atoms with Gasteiger partial charge in [-0.15, -0.1) is 0 Å². The second-order valence-electron chi connectivity index (χ2n) is 2.07. The molecule has 0 unspecified atom stereocenters. The molecule has 0 spiro atoms.